The number of aliphatic carboxylic acids is 1. The van der Waals surface area contributed by atoms with Crippen LogP contribution in [0.1, 0.15) is 77.6 Å². The van der Waals surface area contributed by atoms with Gasteiger partial charge >= 0.3 is 27.0 Å². The van der Waals surface area contributed by atoms with Gasteiger partial charge in [-0.15, -0.1) is 0 Å². The van der Waals surface area contributed by atoms with Crippen molar-refractivity contribution >= 4 is 27.0 Å². The molecule has 234 valence electrons. The number of hydrogen-bond donors (Lipinski definition) is 3. The second-order valence-electron chi connectivity index (χ2n) is 9.30. The summed E-state index contributed by atoms with van der Waals surface area (Å²) in [5.41, 5.74) is 0.293. The Morgan fingerprint density at radius 3 is 1.62 bits per heavy atom. The zero-order chi connectivity index (χ0) is 29.9. The van der Waals surface area contributed by atoms with Crippen LogP contribution in [0.5, 0.6) is 0 Å². The van der Waals surface area contributed by atoms with Crippen LogP contribution in [0.2, 0.25) is 6.04 Å². The van der Waals surface area contributed by atoms with E-state index >= 15 is 0 Å². The fraction of sp³-hybridized carbons (Fsp3) is 0.815. The number of amides is 2. The van der Waals surface area contributed by atoms with Gasteiger partial charge in [-0.3, -0.25) is 0 Å². The monoisotopic (exact) mass is 592 g/mol. The highest BCUT2D eigenvalue weighted by Crippen LogP contribution is 2.14. The molecule has 13 heteroatoms. The second-order valence-corrected chi connectivity index (χ2v) is 12.4. The largest absolute Gasteiger partial charge is 0.500 e. The minimum atomic E-state index is -2.59. The maximum atomic E-state index is 11.8. The summed E-state index contributed by atoms with van der Waals surface area (Å²) >= 11 is 0. The first-order valence-electron chi connectivity index (χ1n) is 14.2. The van der Waals surface area contributed by atoms with Gasteiger partial charge in [-0.05, 0) is 32.6 Å². The van der Waals surface area contributed by atoms with E-state index in [-0.39, 0.29) is 0 Å². The van der Waals surface area contributed by atoms with Crippen molar-refractivity contribution in [3.05, 3.63) is 11.6 Å². The Balaban J connectivity index is 3.41. The van der Waals surface area contributed by atoms with Gasteiger partial charge in [-0.1, -0.05) is 51.0 Å². The van der Waals surface area contributed by atoms with Gasteiger partial charge in [0, 0.05) is 46.0 Å². The first-order valence-corrected chi connectivity index (χ1v) is 16.2. The van der Waals surface area contributed by atoms with Gasteiger partial charge in [0.1, 0.15) is 0 Å². The summed E-state index contributed by atoms with van der Waals surface area (Å²) in [5.74, 6) is -0.933. The maximum absolute atomic E-state index is 11.8. The van der Waals surface area contributed by atoms with E-state index in [1.165, 1.54) is 13.3 Å². The molecule has 0 unspecified atom stereocenters. The Hall–Kier alpha value is -2.19. The average molecular weight is 593 g/mol. The van der Waals surface area contributed by atoms with Crippen LogP contribution >= 0.6 is 0 Å². The smallest absolute Gasteiger partial charge is 0.478 e. The van der Waals surface area contributed by atoms with Gasteiger partial charge < -0.3 is 43.2 Å². The molecular weight excluding hydrogens is 540 g/mol. The first-order chi connectivity index (χ1) is 19.3. The number of ether oxygens (including phenoxy) is 3. The second kappa shape index (κ2) is 25.8. The maximum Gasteiger partial charge on any atom is 0.500 e. The summed E-state index contributed by atoms with van der Waals surface area (Å²) in [5, 5.41) is 14.1. The Morgan fingerprint density at radius 2 is 1.15 bits per heavy atom. The number of carbonyl (C=O) groups excluding carboxylic acids is 2. The molecule has 40 heavy (non-hydrogen) atoms. The van der Waals surface area contributed by atoms with Crippen LogP contribution in [0.4, 0.5) is 9.59 Å². The summed E-state index contributed by atoms with van der Waals surface area (Å²) in [6.45, 7) is 3.94. The number of hydrogen-bond acceptors (Lipinski definition) is 9. The lowest BCUT2D eigenvalue weighted by Gasteiger charge is -2.24. The van der Waals surface area contributed by atoms with E-state index in [0.717, 1.165) is 51.4 Å². The highest BCUT2D eigenvalue weighted by atomic mass is 28.4. The fourth-order valence-corrected chi connectivity index (χ4v) is 5.42. The van der Waals surface area contributed by atoms with E-state index in [1.54, 1.807) is 27.4 Å². The lowest BCUT2D eigenvalue weighted by atomic mass is 10.1. The van der Waals surface area contributed by atoms with E-state index in [2.05, 4.69) is 10.6 Å². The summed E-state index contributed by atoms with van der Waals surface area (Å²) in [6.07, 6.45) is 11.4. The summed E-state index contributed by atoms with van der Waals surface area (Å²) in [6, 6.07) is 0.623. The van der Waals surface area contributed by atoms with Gasteiger partial charge in [0.25, 0.3) is 0 Å². The van der Waals surface area contributed by atoms with Crippen molar-refractivity contribution in [2.45, 2.75) is 83.6 Å². The molecule has 2 amide bonds. The van der Waals surface area contributed by atoms with Crippen LogP contribution in [-0.2, 0) is 32.3 Å². The van der Waals surface area contributed by atoms with Crippen LogP contribution in [0, 0.1) is 0 Å². The number of alkyl carbamates (subject to hydrolysis) is 2. The standard InChI is InChI=1S/C27H52N2O10Si/c1-24(25(30)31)16-14-19-37-22-18-29-27(33)39-21-13-11-9-7-5-6-8-10-12-20-38-26(32)28-17-15-23-40(34-2,35-3)36-4/h16H,5-15,17-23H2,1-4H3,(H,28,32)(H,29,33)(H,30,31)/b24-16+. The normalized spacial score (nSPS) is 11.8. The zero-order valence-electron chi connectivity index (χ0n) is 24.9. The molecule has 0 fully saturated rings. The number of nitrogens with one attached hydrogen (secondary N) is 2. The molecule has 0 saturated carbocycles. The molecular formula is C27H52N2O10Si. The van der Waals surface area contributed by atoms with Crippen LogP contribution in [-0.4, -0.2) is 92.9 Å². The molecule has 0 aliphatic carbocycles. The molecule has 0 rings (SSSR count). The lowest BCUT2D eigenvalue weighted by molar-refractivity contribution is -0.132. The zero-order valence-corrected chi connectivity index (χ0v) is 25.9. The molecule has 3 N–H and O–H groups in total. The number of carboxylic acid groups (broad SMARTS) is 1. The van der Waals surface area contributed by atoms with Crippen molar-refractivity contribution in [2.75, 3.05) is 60.8 Å². The molecule has 0 aromatic carbocycles. The molecule has 0 aromatic heterocycles. The molecule has 12 nitrogen and oxygen atoms in total. The minimum Gasteiger partial charge on any atom is -0.478 e. The highest BCUT2D eigenvalue weighted by molar-refractivity contribution is 6.60. The first kappa shape index (κ1) is 37.8. The number of rotatable bonds is 26. The molecule has 0 aliphatic rings. The predicted octanol–water partition coefficient (Wildman–Crippen LogP) is 4.66. The Morgan fingerprint density at radius 1 is 0.675 bits per heavy atom. The summed E-state index contributed by atoms with van der Waals surface area (Å²) in [4.78, 5) is 34.0. The van der Waals surface area contributed by atoms with Gasteiger partial charge in [0.2, 0.25) is 0 Å². The minimum absolute atomic E-state index is 0.293. The molecule has 0 bridgehead atoms. The fourth-order valence-electron chi connectivity index (χ4n) is 3.70. The van der Waals surface area contributed by atoms with Crippen LogP contribution in [0.3, 0.4) is 0 Å². The molecule has 0 heterocycles. The third-order valence-electron chi connectivity index (χ3n) is 6.18. The van der Waals surface area contributed by atoms with Gasteiger partial charge in [-0.2, -0.15) is 0 Å². The summed E-state index contributed by atoms with van der Waals surface area (Å²) in [7, 11) is 2.12. The molecule has 0 saturated heterocycles. The van der Waals surface area contributed by atoms with Crippen molar-refractivity contribution in [3.63, 3.8) is 0 Å². The third-order valence-corrected chi connectivity index (χ3v) is 9.01. The SMILES string of the molecule is CO[Si](CCCNC(=O)OCCCCCCCCCCCOC(=O)NCCOCC/C=C(\C)C(=O)O)(OC)OC. The number of unbranched alkanes of at least 4 members (excludes halogenated alkanes) is 8. The number of carbonyl (C=O) groups is 3. The third kappa shape index (κ3) is 21.6. The van der Waals surface area contributed by atoms with Crippen molar-refractivity contribution in [2.24, 2.45) is 0 Å². The van der Waals surface area contributed by atoms with Gasteiger partial charge in [0.15, 0.2) is 0 Å². The molecule has 0 radical (unpaired) electrons. The van der Waals surface area contributed by atoms with E-state index in [4.69, 9.17) is 32.6 Å². The van der Waals surface area contributed by atoms with Crippen LogP contribution in [0.15, 0.2) is 11.6 Å². The van der Waals surface area contributed by atoms with Crippen molar-refractivity contribution in [1.82, 2.24) is 10.6 Å². The lowest BCUT2D eigenvalue weighted by Crippen LogP contribution is -2.43. The van der Waals surface area contributed by atoms with E-state index in [0.29, 0.717) is 64.0 Å². The predicted molar refractivity (Wildman–Crippen MR) is 153 cm³/mol. The van der Waals surface area contributed by atoms with Crippen molar-refractivity contribution in [1.29, 1.82) is 0 Å². The van der Waals surface area contributed by atoms with Crippen LogP contribution < -0.4 is 10.6 Å². The average Bonchev–Trinajstić information content (AvgIpc) is 2.95. The van der Waals surface area contributed by atoms with E-state index < -0.39 is 27.0 Å². The highest BCUT2D eigenvalue weighted by Gasteiger charge is 2.36. The van der Waals surface area contributed by atoms with Gasteiger partial charge in [0.05, 0.1) is 26.4 Å². The molecule has 0 atom stereocenters. The topological polar surface area (TPSA) is 151 Å². The quantitative estimate of drug-likeness (QED) is 0.0735. The Bertz CT molecular complexity index is 697. The van der Waals surface area contributed by atoms with Crippen LogP contribution in [0.25, 0.3) is 0 Å². The number of carboxylic acids is 1. The van der Waals surface area contributed by atoms with Crippen molar-refractivity contribution in [3.8, 4) is 0 Å². The Kier molecular flexibility index (Phi) is 24.3. The van der Waals surface area contributed by atoms with Crippen molar-refractivity contribution < 1.29 is 47.0 Å². The van der Waals surface area contributed by atoms with E-state index in [1.807, 2.05) is 0 Å². The van der Waals surface area contributed by atoms with E-state index in [9.17, 15) is 14.4 Å². The van der Waals surface area contributed by atoms with Gasteiger partial charge in [-0.25, -0.2) is 14.4 Å². The Labute approximate surface area is 240 Å². The molecule has 0 spiro atoms. The summed E-state index contributed by atoms with van der Waals surface area (Å²) < 4.78 is 31.7. The molecule has 0 aromatic rings. The molecule has 0 aliphatic heterocycles.